The molecule has 0 saturated carbocycles. The molecule has 2 fully saturated rings. The third-order valence-corrected chi connectivity index (χ3v) is 5.08. The molecule has 0 spiro atoms. The van der Waals surface area contributed by atoms with Gasteiger partial charge in [-0.15, -0.1) is 0 Å². The van der Waals surface area contributed by atoms with Gasteiger partial charge in [-0.05, 0) is 26.1 Å². The average molecular weight is 296 g/mol. The van der Waals surface area contributed by atoms with Crippen LogP contribution in [0, 0.1) is 6.92 Å². The van der Waals surface area contributed by atoms with Gasteiger partial charge in [-0.3, -0.25) is 9.88 Å². The van der Waals surface area contributed by atoms with E-state index >= 15 is 0 Å². The van der Waals surface area contributed by atoms with Crippen LogP contribution in [0.25, 0.3) is 10.9 Å². The molecule has 4 nitrogen and oxygen atoms in total. The summed E-state index contributed by atoms with van der Waals surface area (Å²) in [5.74, 6) is 0. The van der Waals surface area contributed by atoms with E-state index in [1.807, 2.05) is 0 Å². The fourth-order valence-electron chi connectivity index (χ4n) is 3.62. The number of hydrogen-bond donors (Lipinski definition) is 0. The maximum atomic E-state index is 4.65. The van der Waals surface area contributed by atoms with Crippen molar-refractivity contribution in [3.05, 3.63) is 36.0 Å². The summed E-state index contributed by atoms with van der Waals surface area (Å²) in [6.45, 7) is 9.22. The fraction of sp³-hybridized carbons (Fsp3) is 0.500. The number of benzene rings is 1. The van der Waals surface area contributed by atoms with Gasteiger partial charge in [0.05, 0.1) is 5.52 Å². The Bertz CT molecular complexity index is 670. The molecule has 0 amide bonds. The van der Waals surface area contributed by atoms with Crippen molar-refractivity contribution in [3.8, 4) is 0 Å². The SMILES string of the molecule is Cc1cc(N2CC(N3CCN(C)CC3)C2)c2ccccc2n1. The van der Waals surface area contributed by atoms with Crippen LogP contribution in [0.1, 0.15) is 5.69 Å². The van der Waals surface area contributed by atoms with E-state index in [-0.39, 0.29) is 0 Å². The predicted octanol–water partition coefficient (Wildman–Crippen LogP) is 1.98. The quantitative estimate of drug-likeness (QED) is 0.845. The number of aryl methyl sites for hydroxylation is 1. The number of rotatable bonds is 2. The number of likely N-dealkylation sites (N-methyl/N-ethyl adjacent to an activating group) is 1. The predicted molar refractivity (Wildman–Crippen MR) is 91.6 cm³/mol. The van der Waals surface area contributed by atoms with E-state index in [1.165, 1.54) is 37.3 Å². The number of aromatic nitrogens is 1. The van der Waals surface area contributed by atoms with E-state index in [4.69, 9.17) is 0 Å². The molecule has 2 aliphatic rings. The molecule has 0 radical (unpaired) electrons. The van der Waals surface area contributed by atoms with Crippen molar-refractivity contribution in [2.45, 2.75) is 13.0 Å². The number of para-hydroxylation sites is 1. The summed E-state index contributed by atoms with van der Waals surface area (Å²) in [6.07, 6.45) is 0. The molecule has 0 aliphatic carbocycles. The highest BCUT2D eigenvalue weighted by Gasteiger charge is 2.33. The van der Waals surface area contributed by atoms with Gasteiger partial charge in [0.15, 0.2) is 0 Å². The van der Waals surface area contributed by atoms with Crippen molar-refractivity contribution < 1.29 is 0 Å². The molecule has 4 heteroatoms. The van der Waals surface area contributed by atoms with Crippen molar-refractivity contribution in [2.24, 2.45) is 0 Å². The lowest BCUT2D eigenvalue weighted by atomic mass is 10.0. The fourth-order valence-corrected chi connectivity index (χ4v) is 3.62. The van der Waals surface area contributed by atoms with E-state index in [0.717, 1.165) is 30.3 Å². The van der Waals surface area contributed by atoms with Crippen LogP contribution < -0.4 is 4.90 Å². The first-order valence-corrected chi connectivity index (χ1v) is 8.24. The monoisotopic (exact) mass is 296 g/mol. The van der Waals surface area contributed by atoms with Gasteiger partial charge < -0.3 is 9.80 Å². The zero-order valence-corrected chi connectivity index (χ0v) is 13.5. The molecule has 2 aliphatic heterocycles. The van der Waals surface area contributed by atoms with Crippen LogP contribution in [0.4, 0.5) is 5.69 Å². The molecule has 4 rings (SSSR count). The Morgan fingerprint density at radius 3 is 2.55 bits per heavy atom. The molecule has 22 heavy (non-hydrogen) atoms. The molecule has 116 valence electrons. The van der Waals surface area contributed by atoms with Gasteiger partial charge >= 0.3 is 0 Å². The Kier molecular flexibility index (Phi) is 3.51. The van der Waals surface area contributed by atoms with Gasteiger partial charge in [0.25, 0.3) is 0 Å². The molecule has 0 atom stereocenters. The number of fused-ring (bicyclic) bond motifs is 1. The zero-order chi connectivity index (χ0) is 15.1. The Labute approximate surface area is 132 Å². The van der Waals surface area contributed by atoms with Crippen LogP contribution in [0.15, 0.2) is 30.3 Å². The number of hydrogen-bond acceptors (Lipinski definition) is 4. The first kappa shape index (κ1) is 14.0. The van der Waals surface area contributed by atoms with Crippen LogP contribution in [0.5, 0.6) is 0 Å². The Morgan fingerprint density at radius 1 is 1.05 bits per heavy atom. The van der Waals surface area contributed by atoms with Gasteiger partial charge in [-0.2, -0.15) is 0 Å². The second kappa shape index (κ2) is 5.52. The molecule has 2 saturated heterocycles. The van der Waals surface area contributed by atoms with Crippen molar-refractivity contribution >= 4 is 16.6 Å². The number of pyridine rings is 1. The van der Waals surface area contributed by atoms with E-state index in [9.17, 15) is 0 Å². The maximum Gasteiger partial charge on any atom is 0.0726 e. The minimum atomic E-state index is 0.723. The van der Waals surface area contributed by atoms with E-state index in [2.05, 4.69) is 64.0 Å². The second-order valence-electron chi connectivity index (χ2n) is 6.70. The standard InChI is InChI=1S/C18H24N4/c1-14-11-18(16-5-3-4-6-17(16)19-14)22-12-15(13-22)21-9-7-20(2)8-10-21/h3-6,11,15H,7-10,12-13H2,1-2H3. The van der Waals surface area contributed by atoms with Gasteiger partial charge in [0, 0.05) is 62.1 Å². The zero-order valence-electron chi connectivity index (χ0n) is 13.5. The molecular weight excluding hydrogens is 272 g/mol. The van der Waals surface area contributed by atoms with E-state index < -0.39 is 0 Å². The third-order valence-electron chi connectivity index (χ3n) is 5.08. The maximum absolute atomic E-state index is 4.65. The first-order valence-electron chi connectivity index (χ1n) is 8.24. The summed E-state index contributed by atoms with van der Waals surface area (Å²) in [7, 11) is 2.22. The number of nitrogens with zero attached hydrogens (tertiary/aromatic N) is 4. The summed E-state index contributed by atoms with van der Waals surface area (Å²) in [6, 6.07) is 11.5. The molecular formula is C18H24N4. The minimum Gasteiger partial charge on any atom is -0.368 e. The highest BCUT2D eigenvalue weighted by atomic mass is 15.3. The summed E-state index contributed by atoms with van der Waals surface area (Å²) >= 11 is 0. The third kappa shape index (κ3) is 2.46. The minimum absolute atomic E-state index is 0.723. The van der Waals surface area contributed by atoms with Gasteiger partial charge in [0.2, 0.25) is 0 Å². The highest BCUT2D eigenvalue weighted by molar-refractivity contribution is 5.92. The summed E-state index contributed by atoms with van der Waals surface area (Å²) < 4.78 is 0. The molecule has 1 aromatic carbocycles. The number of anilines is 1. The summed E-state index contributed by atoms with van der Waals surface area (Å²) in [5.41, 5.74) is 3.57. The molecule has 0 N–H and O–H groups in total. The van der Waals surface area contributed by atoms with Crippen LogP contribution in [-0.2, 0) is 0 Å². The largest absolute Gasteiger partial charge is 0.368 e. The van der Waals surface area contributed by atoms with Crippen molar-refractivity contribution in [1.82, 2.24) is 14.8 Å². The van der Waals surface area contributed by atoms with Crippen LogP contribution in [0.2, 0.25) is 0 Å². The van der Waals surface area contributed by atoms with Gasteiger partial charge in [-0.1, -0.05) is 18.2 Å². The topological polar surface area (TPSA) is 22.6 Å². The number of piperazine rings is 1. The summed E-state index contributed by atoms with van der Waals surface area (Å²) in [4.78, 5) is 12.2. The smallest absolute Gasteiger partial charge is 0.0726 e. The second-order valence-corrected chi connectivity index (χ2v) is 6.70. The molecule has 0 bridgehead atoms. The van der Waals surface area contributed by atoms with Crippen molar-refractivity contribution in [3.63, 3.8) is 0 Å². The van der Waals surface area contributed by atoms with Crippen molar-refractivity contribution in [2.75, 3.05) is 51.2 Å². The van der Waals surface area contributed by atoms with Gasteiger partial charge in [0.1, 0.15) is 0 Å². The Hall–Kier alpha value is -1.65. The lowest BCUT2D eigenvalue weighted by Crippen LogP contribution is -2.63. The normalized spacial score (nSPS) is 21.3. The van der Waals surface area contributed by atoms with Crippen LogP contribution in [0.3, 0.4) is 0 Å². The van der Waals surface area contributed by atoms with Crippen LogP contribution >= 0.6 is 0 Å². The van der Waals surface area contributed by atoms with Crippen molar-refractivity contribution in [1.29, 1.82) is 0 Å². The Balaban J connectivity index is 1.51. The highest BCUT2D eigenvalue weighted by Crippen LogP contribution is 2.31. The molecule has 1 aromatic heterocycles. The molecule has 2 aromatic rings. The lowest BCUT2D eigenvalue weighted by molar-refractivity contribution is 0.0964. The lowest BCUT2D eigenvalue weighted by Gasteiger charge is -2.49. The van der Waals surface area contributed by atoms with Crippen LogP contribution in [-0.4, -0.2) is 67.1 Å². The summed E-state index contributed by atoms with van der Waals surface area (Å²) in [5, 5.41) is 1.28. The van der Waals surface area contributed by atoms with E-state index in [1.54, 1.807) is 0 Å². The Morgan fingerprint density at radius 2 is 1.77 bits per heavy atom. The molecule has 0 unspecified atom stereocenters. The molecule has 3 heterocycles. The first-order chi connectivity index (χ1) is 10.7. The average Bonchev–Trinajstić information content (AvgIpc) is 2.47. The van der Waals surface area contributed by atoms with Gasteiger partial charge in [-0.25, -0.2) is 0 Å². The van der Waals surface area contributed by atoms with E-state index in [0.29, 0.717) is 0 Å².